The first kappa shape index (κ1) is 24.0. The summed E-state index contributed by atoms with van der Waals surface area (Å²) in [6.45, 7) is 5.61. The van der Waals surface area contributed by atoms with Crippen LogP contribution in [0, 0.1) is 6.92 Å². The number of aryl methyl sites for hydroxylation is 1. The van der Waals surface area contributed by atoms with Crippen molar-refractivity contribution in [3.8, 4) is 0 Å². The van der Waals surface area contributed by atoms with Crippen molar-refractivity contribution < 1.29 is 18.0 Å². The Morgan fingerprint density at radius 1 is 1.12 bits per heavy atom. The summed E-state index contributed by atoms with van der Waals surface area (Å²) < 4.78 is 28.0. The molecule has 1 aliphatic heterocycles. The Labute approximate surface area is 202 Å². The molecule has 1 saturated heterocycles. The number of piperidine rings is 1. The predicted octanol–water partition coefficient (Wildman–Crippen LogP) is 3.37. The van der Waals surface area contributed by atoms with Gasteiger partial charge in [0.15, 0.2) is 5.13 Å². The molecule has 11 heteroatoms. The van der Waals surface area contributed by atoms with Crippen molar-refractivity contribution in [3.05, 3.63) is 58.9 Å². The highest BCUT2D eigenvalue weighted by Crippen LogP contribution is 2.25. The molecule has 9 nitrogen and oxygen atoms in total. The van der Waals surface area contributed by atoms with Gasteiger partial charge in [0.25, 0.3) is 15.9 Å². The van der Waals surface area contributed by atoms with Crippen molar-refractivity contribution in [2.24, 2.45) is 0 Å². The minimum absolute atomic E-state index is 0.0621. The van der Waals surface area contributed by atoms with E-state index in [9.17, 15) is 18.0 Å². The van der Waals surface area contributed by atoms with Gasteiger partial charge in [-0.2, -0.15) is 0 Å². The SMILES string of the molecule is CC(=O)NS(=O)(=O)c1ccc(NC(=O)c2cc(C)cn2Cc2csc(N3CCCCC3)n2)cc1. The van der Waals surface area contributed by atoms with Crippen molar-refractivity contribution in [3.63, 3.8) is 0 Å². The van der Waals surface area contributed by atoms with Crippen LogP contribution in [0.25, 0.3) is 0 Å². The van der Waals surface area contributed by atoms with Crippen LogP contribution >= 0.6 is 11.3 Å². The Kier molecular flexibility index (Phi) is 7.03. The van der Waals surface area contributed by atoms with Crippen LogP contribution in [0.3, 0.4) is 0 Å². The highest BCUT2D eigenvalue weighted by atomic mass is 32.2. The normalized spacial score (nSPS) is 14.1. The van der Waals surface area contributed by atoms with Gasteiger partial charge in [0.2, 0.25) is 5.91 Å². The van der Waals surface area contributed by atoms with Crippen molar-refractivity contribution in [2.45, 2.75) is 44.6 Å². The average molecular weight is 502 g/mol. The largest absolute Gasteiger partial charge is 0.348 e. The number of hydrogen-bond donors (Lipinski definition) is 2. The van der Waals surface area contributed by atoms with Gasteiger partial charge >= 0.3 is 0 Å². The number of benzene rings is 1. The predicted molar refractivity (Wildman–Crippen MR) is 132 cm³/mol. The molecule has 0 unspecified atom stereocenters. The van der Waals surface area contributed by atoms with Crippen molar-refractivity contribution in [1.82, 2.24) is 14.3 Å². The molecule has 4 rings (SSSR count). The molecule has 0 bridgehead atoms. The molecular weight excluding hydrogens is 474 g/mol. The van der Waals surface area contributed by atoms with E-state index >= 15 is 0 Å². The highest BCUT2D eigenvalue weighted by molar-refractivity contribution is 7.90. The van der Waals surface area contributed by atoms with E-state index < -0.39 is 15.9 Å². The van der Waals surface area contributed by atoms with Gasteiger partial charge in [-0.3, -0.25) is 9.59 Å². The van der Waals surface area contributed by atoms with E-state index in [1.54, 1.807) is 11.3 Å². The Hall–Kier alpha value is -3.18. The molecule has 180 valence electrons. The minimum Gasteiger partial charge on any atom is -0.348 e. The zero-order valence-electron chi connectivity index (χ0n) is 19.1. The lowest BCUT2D eigenvalue weighted by molar-refractivity contribution is -0.117. The quantitative estimate of drug-likeness (QED) is 0.513. The fourth-order valence-corrected chi connectivity index (χ4v) is 5.77. The maximum Gasteiger partial charge on any atom is 0.272 e. The van der Waals surface area contributed by atoms with E-state index in [0.717, 1.165) is 36.4 Å². The number of anilines is 2. The molecule has 2 N–H and O–H groups in total. The van der Waals surface area contributed by atoms with Crippen LogP contribution in [0.2, 0.25) is 0 Å². The number of amides is 2. The van der Waals surface area contributed by atoms with E-state index in [4.69, 9.17) is 4.98 Å². The summed E-state index contributed by atoms with van der Waals surface area (Å²) in [5.74, 6) is -0.978. The minimum atomic E-state index is -3.93. The van der Waals surface area contributed by atoms with Gasteiger partial charge in [-0.1, -0.05) is 0 Å². The smallest absolute Gasteiger partial charge is 0.272 e. The summed E-state index contributed by atoms with van der Waals surface area (Å²) in [6, 6.07) is 7.45. The fraction of sp³-hybridized carbons (Fsp3) is 0.348. The number of hydrogen-bond acceptors (Lipinski definition) is 7. The third-order valence-corrected chi connectivity index (χ3v) is 7.86. The Morgan fingerprint density at radius 3 is 2.50 bits per heavy atom. The van der Waals surface area contributed by atoms with Gasteiger partial charge in [-0.15, -0.1) is 11.3 Å². The molecule has 0 spiro atoms. The molecule has 0 radical (unpaired) electrons. The van der Waals surface area contributed by atoms with E-state index in [2.05, 4.69) is 10.2 Å². The van der Waals surface area contributed by atoms with Crippen LogP contribution in [-0.2, 0) is 21.4 Å². The maximum absolute atomic E-state index is 13.0. The van der Waals surface area contributed by atoms with E-state index in [-0.39, 0.29) is 10.8 Å². The molecule has 2 amide bonds. The summed E-state index contributed by atoms with van der Waals surface area (Å²) >= 11 is 1.63. The molecule has 34 heavy (non-hydrogen) atoms. The first-order valence-electron chi connectivity index (χ1n) is 11.0. The first-order chi connectivity index (χ1) is 16.2. The zero-order chi connectivity index (χ0) is 24.3. The maximum atomic E-state index is 13.0. The molecule has 3 aromatic rings. The summed E-state index contributed by atoms with van der Waals surface area (Å²) in [7, 11) is -3.93. The van der Waals surface area contributed by atoms with Gasteiger partial charge < -0.3 is 14.8 Å². The lowest BCUT2D eigenvalue weighted by Gasteiger charge is -2.25. The molecule has 2 aromatic heterocycles. The van der Waals surface area contributed by atoms with Crippen LogP contribution in [0.5, 0.6) is 0 Å². The van der Waals surface area contributed by atoms with Crippen LogP contribution in [0.1, 0.15) is 47.9 Å². The average Bonchev–Trinajstić information content (AvgIpc) is 3.40. The Balaban J connectivity index is 1.46. The number of rotatable bonds is 7. The van der Waals surface area contributed by atoms with E-state index in [1.807, 2.05) is 33.9 Å². The third-order valence-electron chi connectivity index (χ3n) is 5.47. The van der Waals surface area contributed by atoms with Gasteiger partial charge in [-0.25, -0.2) is 18.1 Å². The third kappa shape index (κ3) is 5.65. The molecule has 0 saturated carbocycles. The molecule has 3 heterocycles. The molecule has 1 aliphatic rings. The second-order valence-corrected chi connectivity index (χ2v) is 10.9. The van der Waals surface area contributed by atoms with Gasteiger partial charge in [0, 0.05) is 37.3 Å². The number of carbonyl (C=O) groups excluding carboxylic acids is 2. The van der Waals surface area contributed by atoms with E-state index in [0.29, 0.717) is 17.9 Å². The lowest BCUT2D eigenvalue weighted by atomic mass is 10.1. The topological polar surface area (TPSA) is 113 Å². The van der Waals surface area contributed by atoms with Crippen LogP contribution in [0.15, 0.2) is 46.8 Å². The van der Waals surface area contributed by atoms with Crippen LogP contribution < -0.4 is 14.9 Å². The molecule has 1 aromatic carbocycles. The molecule has 0 atom stereocenters. The summed E-state index contributed by atoms with van der Waals surface area (Å²) in [6.07, 6.45) is 5.56. The molecule has 1 fully saturated rings. The molecular formula is C23H27N5O4S2. The number of thiazole rings is 1. The Bertz CT molecular complexity index is 1290. The number of nitrogens with one attached hydrogen (secondary N) is 2. The highest BCUT2D eigenvalue weighted by Gasteiger charge is 2.18. The summed E-state index contributed by atoms with van der Waals surface area (Å²) in [5, 5.41) is 5.87. The second kappa shape index (κ2) is 9.98. The van der Waals surface area contributed by atoms with Gasteiger partial charge in [-0.05, 0) is 62.1 Å². The number of aromatic nitrogens is 2. The number of sulfonamides is 1. The fourth-order valence-electron chi connectivity index (χ4n) is 3.91. The van der Waals surface area contributed by atoms with Gasteiger partial charge in [0.1, 0.15) is 5.69 Å². The lowest BCUT2D eigenvalue weighted by Crippen LogP contribution is -2.29. The van der Waals surface area contributed by atoms with Crippen LogP contribution in [-0.4, -0.2) is 42.9 Å². The van der Waals surface area contributed by atoms with E-state index in [1.165, 1.54) is 43.5 Å². The van der Waals surface area contributed by atoms with Crippen molar-refractivity contribution in [1.29, 1.82) is 0 Å². The number of nitrogens with zero attached hydrogens (tertiary/aromatic N) is 3. The monoisotopic (exact) mass is 501 g/mol. The summed E-state index contributed by atoms with van der Waals surface area (Å²) in [5.41, 5.74) is 2.79. The second-order valence-electron chi connectivity index (χ2n) is 8.34. The summed E-state index contributed by atoms with van der Waals surface area (Å²) in [4.78, 5) is 31.1. The molecule has 0 aliphatic carbocycles. The first-order valence-corrected chi connectivity index (χ1v) is 13.4. The van der Waals surface area contributed by atoms with Crippen LogP contribution in [0.4, 0.5) is 10.8 Å². The Morgan fingerprint density at radius 2 is 1.82 bits per heavy atom. The van der Waals surface area contributed by atoms with Crippen molar-refractivity contribution in [2.75, 3.05) is 23.3 Å². The zero-order valence-corrected chi connectivity index (χ0v) is 20.7. The van der Waals surface area contributed by atoms with Crippen molar-refractivity contribution >= 4 is 44.0 Å². The standard InChI is InChI=1S/C23H27N5O4S2/c1-16-12-21(22(30)24-18-6-8-20(9-7-18)34(31,32)26-17(2)29)28(13-16)14-19-15-33-23(25-19)27-10-4-3-5-11-27/h6-9,12-13,15H,3-5,10-11,14H2,1-2H3,(H,24,30)(H,26,29). The number of carbonyl (C=O) groups is 2. The van der Waals surface area contributed by atoms with Gasteiger partial charge in [0.05, 0.1) is 17.1 Å².